The first kappa shape index (κ1) is 14.6. The van der Waals surface area contributed by atoms with Crippen molar-refractivity contribution < 1.29 is 27.8 Å². The first-order chi connectivity index (χ1) is 9.83. The number of aromatic amines is 1. The molecule has 1 amide bonds. The van der Waals surface area contributed by atoms with Crippen molar-refractivity contribution in [3.8, 4) is 17.1 Å². The number of halogens is 3. The second-order valence-corrected chi connectivity index (χ2v) is 3.85. The molecule has 0 bridgehead atoms. The van der Waals surface area contributed by atoms with E-state index in [0.717, 1.165) is 12.1 Å². The van der Waals surface area contributed by atoms with Gasteiger partial charge in [-0.3, -0.25) is 0 Å². The molecule has 0 fully saturated rings. The minimum Gasteiger partial charge on any atom is -0.465 e. The largest absolute Gasteiger partial charge is 0.573 e. The highest BCUT2D eigenvalue weighted by Crippen LogP contribution is 2.25. The van der Waals surface area contributed by atoms with Crippen molar-refractivity contribution in [1.29, 1.82) is 0 Å². The van der Waals surface area contributed by atoms with E-state index in [9.17, 15) is 18.0 Å². The molecule has 0 aliphatic rings. The normalized spacial score (nSPS) is 11.2. The number of rotatable bonds is 4. The number of ether oxygens (including phenoxy) is 1. The van der Waals surface area contributed by atoms with E-state index in [2.05, 4.69) is 25.2 Å². The lowest BCUT2D eigenvalue weighted by molar-refractivity contribution is -0.274. The van der Waals surface area contributed by atoms with E-state index in [1.807, 2.05) is 0 Å². The fourth-order valence-electron chi connectivity index (χ4n) is 1.48. The summed E-state index contributed by atoms with van der Waals surface area (Å²) in [5.74, 6) is 0.234. The highest BCUT2D eigenvalue weighted by molar-refractivity contribution is 5.64. The standard InChI is InChI=1S/C11H9F3N4O3/c12-11(13,14)21-7-3-1-6(2-4-7)9-16-8(17-18-9)5-15-10(19)20/h1-4,15H,5H2,(H,19,20)(H,16,17,18). The number of aromatic nitrogens is 3. The summed E-state index contributed by atoms with van der Waals surface area (Å²) >= 11 is 0. The Hall–Kier alpha value is -2.78. The Balaban J connectivity index is 2.07. The molecule has 10 heteroatoms. The molecular formula is C11H9F3N4O3. The molecule has 1 aromatic carbocycles. The Bertz CT molecular complexity index is 624. The number of benzene rings is 1. The SMILES string of the molecule is O=C(O)NCc1nnc(-c2ccc(OC(F)(F)F)cc2)[nH]1. The van der Waals surface area contributed by atoms with Gasteiger partial charge in [-0.25, -0.2) is 4.79 Å². The van der Waals surface area contributed by atoms with Crippen LogP contribution < -0.4 is 10.1 Å². The molecule has 0 saturated carbocycles. The average Bonchev–Trinajstić information content (AvgIpc) is 2.84. The summed E-state index contributed by atoms with van der Waals surface area (Å²) in [4.78, 5) is 13.1. The van der Waals surface area contributed by atoms with Gasteiger partial charge in [0, 0.05) is 5.56 Å². The predicted molar refractivity (Wildman–Crippen MR) is 63.4 cm³/mol. The maximum atomic E-state index is 12.0. The molecule has 7 nitrogen and oxygen atoms in total. The van der Waals surface area contributed by atoms with Crippen LogP contribution in [0.5, 0.6) is 5.75 Å². The van der Waals surface area contributed by atoms with Gasteiger partial charge >= 0.3 is 12.5 Å². The van der Waals surface area contributed by atoms with E-state index in [0.29, 0.717) is 11.4 Å². The van der Waals surface area contributed by atoms with Gasteiger partial charge < -0.3 is 20.1 Å². The zero-order valence-electron chi connectivity index (χ0n) is 10.3. The molecule has 21 heavy (non-hydrogen) atoms. The Kier molecular flexibility index (Phi) is 3.96. The van der Waals surface area contributed by atoms with Gasteiger partial charge in [0.2, 0.25) is 0 Å². The lowest BCUT2D eigenvalue weighted by Gasteiger charge is -2.08. The van der Waals surface area contributed by atoms with Gasteiger partial charge in [0.15, 0.2) is 5.82 Å². The Morgan fingerprint density at radius 1 is 1.29 bits per heavy atom. The summed E-state index contributed by atoms with van der Waals surface area (Å²) in [7, 11) is 0. The van der Waals surface area contributed by atoms with Crippen LogP contribution in [0.4, 0.5) is 18.0 Å². The van der Waals surface area contributed by atoms with Crippen molar-refractivity contribution in [1.82, 2.24) is 20.5 Å². The molecule has 0 spiro atoms. The molecule has 0 radical (unpaired) electrons. The van der Waals surface area contributed by atoms with Gasteiger partial charge in [-0.2, -0.15) is 0 Å². The minimum atomic E-state index is -4.75. The second kappa shape index (κ2) is 5.69. The number of nitrogens with one attached hydrogen (secondary N) is 2. The highest BCUT2D eigenvalue weighted by Gasteiger charge is 2.30. The smallest absolute Gasteiger partial charge is 0.465 e. The van der Waals surface area contributed by atoms with Gasteiger partial charge in [0.05, 0.1) is 6.54 Å². The molecule has 2 rings (SSSR count). The lowest BCUT2D eigenvalue weighted by atomic mass is 10.2. The van der Waals surface area contributed by atoms with Crippen molar-refractivity contribution >= 4 is 6.09 Å². The van der Waals surface area contributed by atoms with E-state index in [4.69, 9.17) is 5.11 Å². The summed E-state index contributed by atoms with van der Waals surface area (Å²) in [5, 5.41) is 18.0. The Morgan fingerprint density at radius 3 is 2.52 bits per heavy atom. The first-order valence-electron chi connectivity index (χ1n) is 5.58. The molecule has 2 aromatic rings. The molecule has 0 aliphatic carbocycles. The van der Waals surface area contributed by atoms with Gasteiger partial charge in [0.1, 0.15) is 11.6 Å². The Labute approximate surface area is 115 Å². The van der Waals surface area contributed by atoms with Crippen molar-refractivity contribution in [2.75, 3.05) is 0 Å². The van der Waals surface area contributed by atoms with Crippen LogP contribution in [0.2, 0.25) is 0 Å². The highest BCUT2D eigenvalue weighted by atomic mass is 19.4. The fraction of sp³-hybridized carbons (Fsp3) is 0.182. The van der Waals surface area contributed by atoms with Gasteiger partial charge in [0.25, 0.3) is 0 Å². The molecule has 0 saturated heterocycles. The van der Waals surface area contributed by atoms with Crippen LogP contribution in [0.3, 0.4) is 0 Å². The molecular weight excluding hydrogens is 293 g/mol. The molecule has 0 aliphatic heterocycles. The number of carbonyl (C=O) groups is 1. The number of hydrogen-bond acceptors (Lipinski definition) is 4. The van der Waals surface area contributed by atoms with Crippen LogP contribution in [0.25, 0.3) is 11.4 Å². The third-order valence-corrected chi connectivity index (χ3v) is 2.30. The number of hydrogen-bond donors (Lipinski definition) is 3. The fourth-order valence-corrected chi connectivity index (χ4v) is 1.48. The predicted octanol–water partition coefficient (Wildman–Crippen LogP) is 2.14. The number of nitrogens with zero attached hydrogens (tertiary/aromatic N) is 2. The molecule has 112 valence electrons. The topological polar surface area (TPSA) is 100 Å². The van der Waals surface area contributed by atoms with Crippen molar-refractivity contribution in [3.63, 3.8) is 0 Å². The van der Waals surface area contributed by atoms with E-state index in [1.165, 1.54) is 12.1 Å². The maximum absolute atomic E-state index is 12.0. The number of carboxylic acid groups (broad SMARTS) is 1. The number of amides is 1. The van der Waals surface area contributed by atoms with E-state index in [-0.39, 0.29) is 18.1 Å². The summed E-state index contributed by atoms with van der Waals surface area (Å²) in [5.41, 5.74) is 0.485. The zero-order valence-corrected chi connectivity index (χ0v) is 10.3. The van der Waals surface area contributed by atoms with Crippen LogP contribution in [-0.2, 0) is 6.54 Å². The average molecular weight is 302 g/mol. The maximum Gasteiger partial charge on any atom is 0.573 e. The summed E-state index contributed by atoms with van der Waals surface area (Å²) in [6.45, 7) is -0.0579. The van der Waals surface area contributed by atoms with E-state index < -0.39 is 12.5 Å². The zero-order chi connectivity index (χ0) is 15.5. The summed E-state index contributed by atoms with van der Waals surface area (Å²) < 4.78 is 39.8. The Morgan fingerprint density at radius 2 is 1.95 bits per heavy atom. The van der Waals surface area contributed by atoms with E-state index >= 15 is 0 Å². The molecule has 1 aromatic heterocycles. The lowest BCUT2D eigenvalue weighted by Crippen LogP contribution is -2.20. The second-order valence-electron chi connectivity index (χ2n) is 3.85. The monoisotopic (exact) mass is 302 g/mol. The molecule has 1 heterocycles. The van der Waals surface area contributed by atoms with Crippen LogP contribution in [0.1, 0.15) is 5.82 Å². The molecule has 3 N–H and O–H groups in total. The van der Waals surface area contributed by atoms with Crippen molar-refractivity contribution in [3.05, 3.63) is 30.1 Å². The van der Waals surface area contributed by atoms with Crippen molar-refractivity contribution in [2.24, 2.45) is 0 Å². The molecule has 0 atom stereocenters. The van der Waals surface area contributed by atoms with E-state index in [1.54, 1.807) is 0 Å². The quantitative estimate of drug-likeness (QED) is 0.803. The third-order valence-electron chi connectivity index (χ3n) is 2.30. The van der Waals surface area contributed by atoms with Crippen LogP contribution >= 0.6 is 0 Å². The van der Waals surface area contributed by atoms with Crippen LogP contribution in [0, 0.1) is 0 Å². The first-order valence-corrected chi connectivity index (χ1v) is 5.58. The third kappa shape index (κ3) is 4.37. The van der Waals surface area contributed by atoms with Crippen LogP contribution in [-0.4, -0.2) is 32.7 Å². The van der Waals surface area contributed by atoms with Crippen molar-refractivity contribution in [2.45, 2.75) is 12.9 Å². The van der Waals surface area contributed by atoms with Crippen LogP contribution in [0.15, 0.2) is 24.3 Å². The summed E-state index contributed by atoms with van der Waals surface area (Å²) in [6.07, 6.45) is -5.95. The van der Waals surface area contributed by atoms with Gasteiger partial charge in [-0.15, -0.1) is 23.4 Å². The number of alkyl halides is 3. The number of H-pyrrole nitrogens is 1. The summed E-state index contributed by atoms with van der Waals surface area (Å²) in [6, 6.07) is 5.02. The van der Waals surface area contributed by atoms with Gasteiger partial charge in [-0.05, 0) is 24.3 Å². The van der Waals surface area contributed by atoms with Gasteiger partial charge in [-0.1, -0.05) is 0 Å². The molecule has 0 unspecified atom stereocenters. The minimum absolute atomic E-state index is 0.0579.